The summed E-state index contributed by atoms with van der Waals surface area (Å²) in [7, 11) is 0. The van der Waals surface area contributed by atoms with Crippen molar-refractivity contribution >= 4 is 23.2 Å². The highest BCUT2D eigenvalue weighted by Crippen LogP contribution is 2.21. The van der Waals surface area contributed by atoms with Gasteiger partial charge in [0.15, 0.2) is 6.10 Å². The Balaban J connectivity index is 2.07. The summed E-state index contributed by atoms with van der Waals surface area (Å²) in [5.41, 5.74) is 2.90. The monoisotopic (exact) mass is 317 g/mol. The fourth-order valence-corrected chi connectivity index (χ4v) is 2.29. The van der Waals surface area contributed by atoms with E-state index in [0.717, 1.165) is 11.3 Å². The second-order valence-electron chi connectivity index (χ2n) is 5.28. The highest BCUT2D eigenvalue weighted by atomic mass is 35.5. The summed E-state index contributed by atoms with van der Waals surface area (Å²) in [5, 5.41) is 3.48. The van der Waals surface area contributed by atoms with E-state index in [2.05, 4.69) is 5.32 Å². The van der Waals surface area contributed by atoms with Gasteiger partial charge in [-0.3, -0.25) is 4.79 Å². The molecule has 0 saturated heterocycles. The van der Waals surface area contributed by atoms with E-state index in [1.807, 2.05) is 39.0 Å². The first-order valence-corrected chi connectivity index (χ1v) is 7.67. The topological polar surface area (TPSA) is 38.3 Å². The molecule has 0 bridgehead atoms. The minimum atomic E-state index is -0.530. The predicted octanol–water partition coefficient (Wildman–Crippen LogP) is 4.75. The molecule has 116 valence electrons. The Bertz CT molecular complexity index is 653. The zero-order valence-electron chi connectivity index (χ0n) is 13.0. The van der Waals surface area contributed by atoms with Crippen LogP contribution in [0.15, 0.2) is 42.5 Å². The highest BCUT2D eigenvalue weighted by Gasteiger charge is 2.19. The van der Waals surface area contributed by atoms with Crippen LogP contribution >= 0.6 is 11.6 Å². The van der Waals surface area contributed by atoms with Gasteiger partial charge in [0.25, 0.3) is 5.91 Å². The van der Waals surface area contributed by atoms with Crippen molar-refractivity contribution in [2.45, 2.75) is 33.3 Å². The first-order chi connectivity index (χ1) is 10.5. The van der Waals surface area contributed by atoms with Gasteiger partial charge in [-0.2, -0.15) is 0 Å². The van der Waals surface area contributed by atoms with Gasteiger partial charge in [0.1, 0.15) is 5.75 Å². The molecular weight excluding hydrogens is 298 g/mol. The molecule has 0 saturated carbocycles. The van der Waals surface area contributed by atoms with E-state index in [-0.39, 0.29) is 5.91 Å². The number of benzene rings is 2. The lowest BCUT2D eigenvalue weighted by Gasteiger charge is -2.19. The van der Waals surface area contributed by atoms with Crippen LogP contribution in [0.2, 0.25) is 5.02 Å². The van der Waals surface area contributed by atoms with Gasteiger partial charge >= 0.3 is 0 Å². The third-order valence-electron chi connectivity index (χ3n) is 3.37. The number of aryl methyl sites for hydroxylation is 2. The first kappa shape index (κ1) is 16.4. The van der Waals surface area contributed by atoms with E-state index in [9.17, 15) is 4.79 Å². The van der Waals surface area contributed by atoms with Gasteiger partial charge in [-0.15, -0.1) is 0 Å². The average molecular weight is 318 g/mol. The summed E-state index contributed by atoms with van der Waals surface area (Å²) >= 11 is 5.84. The quantitative estimate of drug-likeness (QED) is 0.864. The molecular formula is C18H20ClNO2. The van der Waals surface area contributed by atoms with Gasteiger partial charge in [0.05, 0.1) is 0 Å². The molecule has 22 heavy (non-hydrogen) atoms. The standard InChI is InChI=1S/C18H20ClNO2/c1-4-16(22-17-10-5-12(2)11-13(17)3)18(21)20-15-8-6-14(19)7-9-15/h5-11,16H,4H2,1-3H3,(H,20,21)/t16-/m0/s1. The molecule has 2 rings (SSSR count). The molecule has 0 aromatic heterocycles. The number of rotatable bonds is 5. The van der Waals surface area contributed by atoms with E-state index < -0.39 is 6.10 Å². The Labute approximate surface area is 136 Å². The number of carbonyl (C=O) groups is 1. The number of halogens is 1. The van der Waals surface area contributed by atoms with E-state index in [4.69, 9.17) is 16.3 Å². The predicted molar refractivity (Wildman–Crippen MR) is 90.7 cm³/mol. The number of hydrogen-bond acceptors (Lipinski definition) is 2. The van der Waals surface area contributed by atoms with Gasteiger partial charge in [-0.25, -0.2) is 0 Å². The molecule has 0 spiro atoms. The van der Waals surface area contributed by atoms with E-state index in [1.165, 1.54) is 5.56 Å². The largest absolute Gasteiger partial charge is 0.480 e. The molecule has 0 heterocycles. The van der Waals surface area contributed by atoms with Crippen molar-refractivity contribution in [2.75, 3.05) is 5.32 Å². The van der Waals surface area contributed by atoms with Crippen LogP contribution in [0.1, 0.15) is 24.5 Å². The molecule has 0 aliphatic heterocycles. The summed E-state index contributed by atoms with van der Waals surface area (Å²) in [5.74, 6) is 0.577. The minimum Gasteiger partial charge on any atom is -0.480 e. The third kappa shape index (κ3) is 4.25. The van der Waals surface area contributed by atoms with Gasteiger partial charge in [0.2, 0.25) is 0 Å². The molecule has 3 nitrogen and oxygen atoms in total. The normalized spacial score (nSPS) is 11.8. The number of ether oxygens (including phenoxy) is 1. The Morgan fingerprint density at radius 1 is 1.18 bits per heavy atom. The summed E-state index contributed by atoms with van der Waals surface area (Å²) in [4.78, 5) is 12.3. The molecule has 0 fully saturated rings. The van der Waals surface area contributed by atoms with Crippen molar-refractivity contribution in [3.63, 3.8) is 0 Å². The Kier molecular flexibility index (Phi) is 5.45. The van der Waals surface area contributed by atoms with Crippen molar-refractivity contribution in [3.8, 4) is 5.75 Å². The van der Waals surface area contributed by atoms with E-state index in [0.29, 0.717) is 17.1 Å². The third-order valence-corrected chi connectivity index (χ3v) is 3.63. The van der Waals surface area contributed by atoms with E-state index >= 15 is 0 Å². The molecule has 0 unspecified atom stereocenters. The van der Waals surface area contributed by atoms with Crippen molar-refractivity contribution in [2.24, 2.45) is 0 Å². The number of amides is 1. The molecule has 1 N–H and O–H groups in total. The van der Waals surface area contributed by atoms with Crippen LogP contribution < -0.4 is 10.1 Å². The Hall–Kier alpha value is -2.00. The van der Waals surface area contributed by atoms with Crippen LogP contribution in [0.25, 0.3) is 0 Å². The maximum Gasteiger partial charge on any atom is 0.265 e. The van der Waals surface area contributed by atoms with Crippen LogP contribution in [-0.2, 0) is 4.79 Å². The van der Waals surface area contributed by atoms with Crippen molar-refractivity contribution in [1.29, 1.82) is 0 Å². The lowest BCUT2D eigenvalue weighted by atomic mass is 10.1. The average Bonchev–Trinajstić information content (AvgIpc) is 2.49. The molecule has 1 atom stereocenters. The smallest absolute Gasteiger partial charge is 0.265 e. The van der Waals surface area contributed by atoms with Crippen LogP contribution in [0.4, 0.5) is 5.69 Å². The van der Waals surface area contributed by atoms with Crippen molar-refractivity contribution in [3.05, 3.63) is 58.6 Å². The lowest BCUT2D eigenvalue weighted by molar-refractivity contribution is -0.122. The summed E-state index contributed by atoms with van der Waals surface area (Å²) in [6.07, 6.45) is 0.0595. The molecule has 2 aromatic carbocycles. The molecule has 1 amide bonds. The highest BCUT2D eigenvalue weighted by molar-refractivity contribution is 6.30. The molecule has 4 heteroatoms. The number of carbonyl (C=O) groups excluding carboxylic acids is 1. The van der Waals surface area contributed by atoms with Crippen LogP contribution in [-0.4, -0.2) is 12.0 Å². The Morgan fingerprint density at radius 2 is 1.86 bits per heavy atom. The van der Waals surface area contributed by atoms with E-state index in [1.54, 1.807) is 24.3 Å². The van der Waals surface area contributed by atoms with Crippen LogP contribution in [0, 0.1) is 13.8 Å². The minimum absolute atomic E-state index is 0.162. The first-order valence-electron chi connectivity index (χ1n) is 7.30. The van der Waals surface area contributed by atoms with Gasteiger partial charge in [0, 0.05) is 10.7 Å². The zero-order chi connectivity index (χ0) is 16.1. The summed E-state index contributed by atoms with van der Waals surface area (Å²) in [6.45, 7) is 5.93. The molecule has 2 aromatic rings. The van der Waals surface area contributed by atoms with Gasteiger partial charge in [-0.05, 0) is 56.2 Å². The van der Waals surface area contributed by atoms with Gasteiger partial charge < -0.3 is 10.1 Å². The molecule has 0 radical (unpaired) electrons. The SMILES string of the molecule is CC[C@H](Oc1ccc(C)cc1C)C(=O)Nc1ccc(Cl)cc1. The maximum atomic E-state index is 12.3. The second kappa shape index (κ2) is 7.32. The number of anilines is 1. The Morgan fingerprint density at radius 3 is 2.45 bits per heavy atom. The summed E-state index contributed by atoms with van der Waals surface area (Å²) < 4.78 is 5.87. The van der Waals surface area contributed by atoms with Gasteiger partial charge in [-0.1, -0.05) is 36.2 Å². The maximum absolute atomic E-state index is 12.3. The number of nitrogens with one attached hydrogen (secondary N) is 1. The lowest BCUT2D eigenvalue weighted by Crippen LogP contribution is -2.32. The van der Waals surface area contributed by atoms with Crippen molar-refractivity contribution < 1.29 is 9.53 Å². The molecule has 0 aliphatic rings. The molecule has 0 aliphatic carbocycles. The number of hydrogen-bond donors (Lipinski definition) is 1. The van der Waals surface area contributed by atoms with Crippen molar-refractivity contribution in [1.82, 2.24) is 0 Å². The fourth-order valence-electron chi connectivity index (χ4n) is 2.16. The van der Waals surface area contributed by atoms with Crippen LogP contribution in [0.3, 0.4) is 0 Å². The summed E-state index contributed by atoms with van der Waals surface area (Å²) in [6, 6.07) is 12.9. The zero-order valence-corrected chi connectivity index (χ0v) is 13.8. The second-order valence-corrected chi connectivity index (χ2v) is 5.72. The fraction of sp³-hybridized carbons (Fsp3) is 0.278. The van der Waals surface area contributed by atoms with Crippen LogP contribution in [0.5, 0.6) is 5.75 Å².